The Bertz CT molecular complexity index is 958. The van der Waals surface area contributed by atoms with E-state index < -0.39 is 6.04 Å². The average molecular weight is 404 g/mol. The van der Waals surface area contributed by atoms with Crippen LogP contribution in [0.4, 0.5) is 15.2 Å². The summed E-state index contributed by atoms with van der Waals surface area (Å²) in [6.07, 6.45) is 0. The molecule has 3 rings (SSSR count). The minimum Gasteiger partial charge on any atom is -0.350 e. The minimum absolute atomic E-state index is 0.152. The van der Waals surface area contributed by atoms with Crippen molar-refractivity contribution >= 4 is 55.6 Å². The van der Waals surface area contributed by atoms with E-state index in [-0.39, 0.29) is 16.8 Å². The fraction of sp³-hybridized carbons (Fsp3) is 0.167. The summed E-state index contributed by atoms with van der Waals surface area (Å²) in [5.74, 6) is -0.644. The third-order valence-corrected chi connectivity index (χ3v) is 4.93. The molecule has 6 nitrogen and oxygen atoms in total. The molecule has 0 saturated carbocycles. The number of carbonyl (C=O) groups is 1. The Hall–Kier alpha value is -2.78. The molecule has 0 fully saturated rings. The molecule has 27 heavy (non-hydrogen) atoms. The highest BCUT2D eigenvalue weighted by Gasteiger charge is 2.15. The van der Waals surface area contributed by atoms with Gasteiger partial charge in [-0.3, -0.25) is 15.6 Å². The molecule has 0 aliphatic rings. The molecule has 1 heterocycles. The van der Waals surface area contributed by atoms with Crippen LogP contribution in [0.3, 0.4) is 0 Å². The monoisotopic (exact) mass is 403 g/mol. The van der Waals surface area contributed by atoms with Crippen molar-refractivity contribution in [2.75, 3.05) is 10.6 Å². The van der Waals surface area contributed by atoms with E-state index in [1.807, 2.05) is 24.3 Å². The van der Waals surface area contributed by atoms with E-state index in [1.165, 1.54) is 17.4 Å². The maximum atomic E-state index is 13.5. The van der Waals surface area contributed by atoms with Gasteiger partial charge < -0.3 is 10.6 Å². The number of thiazole rings is 1. The van der Waals surface area contributed by atoms with Gasteiger partial charge in [0.15, 0.2) is 10.2 Å². The lowest BCUT2D eigenvalue weighted by atomic mass is 10.2. The maximum absolute atomic E-state index is 13.5. The van der Waals surface area contributed by atoms with Crippen LogP contribution in [-0.2, 0) is 4.79 Å². The molecular formula is C18H18FN5OS2. The van der Waals surface area contributed by atoms with Crippen LogP contribution in [0.2, 0.25) is 0 Å². The highest BCUT2D eigenvalue weighted by Crippen LogP contribution is 2.25. The summed E-state index contributed by atoms with van der Waals surface area (Å²) in [4.78, 5) is 16.6. The number of thiocarbonyl (C=S) groups is 1. The van der Waals surface area contributed by atoms with Gasteiger partial charge in [0.2, 0.25) is 0 Å². The van der Waals surface area contributed by atoms with Crippen molar-refractivity contribution in [2.45, 2.75) is 19.9 Å². The highest BCUT2D eigenvalue weighted by atomic mass is 32.1. The first-order chi connectivity index (χ1) is 12.9. The first kappa shape index (κ1) is 19.0. The Morgan fingerprint density at radius 2 is 2.00 bits per heavy atom. The molecular weight excluding hydrogens is 385 g/mol. The molecule has 0 aliphatic heterocycles. The molecule has 0 spiro atoms. The number of amides is 1. The van der Waals surface area contributed by atoms with Gasteiger partial charge in [-0.15, -0.1) is 0 Å². The SMILES string of the molecule is Cc1ccc(NC(=S)NNC(=O)[C@@H](C)Nc2nc3ccccc3s2)cc1F. The second-order valence-electron chi connectivity index (χ2n) is 5.89. The first-order valence-corrected chi connectivity index (χ1v) is 9.40. The van der Waals surface area contributed by atoms with E-state index in [0.29, 0.717) is 16.4 Å². The quantitative estimate of drug-likeness (QED) is 0.394. The van der Waals surface area contributed by atoms with Crippen LogP contribution in [0.25, 0.3) is 10.2 Å². The minimum atomic E-state index is -0.530. The second kappa shape index (κ2) is 8.28. The van der Waals surface area contributed by atoms with Crippen molar-refractivity contribution < 1.29 is 9.18 Å². The lowest BCUT2D eigenvalue weighted by molar-refractivity contribution is -0.122. The number of hydrogen-bond donors (Lipinski definition) is 4. The Morgan fingerprint density at radius 3 is 2.74 bits per heavy atom. The number of carbonyl (C=O) groups excluding carboxylic acids is 1. The zero-order valence-electron chi connectivity index (χ0n) is 14.7. The van der Waals surface area contributed by atoms with Crippen LogP contribution < -0.4 is 21.5 Å². The number of nitrogens with zero attached hydrogens (tertiary/aromatic N) is 1. The van der Waals surface area contributed by atoms with Gasteiger partial charge >= 0.3 is 0 Å². The number of rotatable bonds is 4. The third-order valence-electron chi connectivity index (χ3n) is 3.76. The Labute approximate surface area is 165 Å². The standard InChI is InChI=1S/C18H18FN5OS2/c1-10-7-8-12(9-13(10)19)21-17(26)24-23-16(25)11(2)20-18-22-14-5-3-4-6-15(14)27-18/h3-9,11H,1-2H3,(H,20,22)(H,23,25)(H2,21,24,26)/t11-/m1/s1. The summed E-state index contributed by atoms with van der Waals surface area (Å²) < 4.78 is 14.6. The van der Waals surface area contributed by atoms with Crippen LogP contribution in [-0.4, -0.2) is 22.0 Å². The molecule has 9 heteroatoms. The number of benzene rings is 2. The predicted octanol–water partition coefficient (Wildman–Crippen LogP) is 3.56. The number of nitrogens with one attached hydrogen (secondary N) is 4. The van der Waals surface area contributed by atoms with Crippen LogP contribution in [0.5, 0.6) is 0 Å². The topological polar surface area (TPSA) is 78.1 Å². The van der Waals surface area contributed by atoms with Crippen molar-refractivity contribution in [1.82, 2.24) is 15.8 Å². The summed E-state index contributed by atoms with van der Waals surface area (Å²) in [5, 5.41) is 6.68. The smallest absolute Gasteiger partial charge is 0.260 e. The van der Waals surface area contributed by atoms with Crippen molar-refractivity contribution in [3.05, 3.63) is 53.8 Å². The van der Waals surface area contributed by atoms with E-state index in [1.54, 1.807) is 26.0 Å². The fourth-order valence-corrected chi connectivity index (χ4v) is 3.37. The van der Waals surface area contributed by atoms with Gasteiger partial charge in [0, 0.05) is 5.69 Å². The fourth-order valence-electron chi connectivity index (χ4n) is 2.24. The van der Waals surface area contributed by atoms with Crippen LogP contribution >= 0.6 is 23.6 Å². The second-order valence-corrected chi connectivity index (χ2v) is 7.32. The summed E-state index contributed by atoms with van der Waals surface area (Å²) >= 11 is 6.58. The van der Waals surface area contributed by atoms with Crippen LogP contribution in [0, 0.1) is 12.7 Å². The first-order valence-electron chi connectivity index (χ1n) is 8.17. The number of fused-ring (bicyclic) bond motifs is 1. The largest absolute Gasteiger partial charge is 0.350 e. The lowest BCUT2D eigenvalue weighted by Gasteiger charge is -2.15. The van der Waals surface area contributed by atoms with E-state index >= 15 is 0 Å². The number of para-hydroxylation sites is 1. The van der Waals surface area contributed by atoms with E-state index in [0.717, 1.165) is 10.2 Å². The predicted molar refractivity (Wildman–Crippen MR) is 111 cm³/mol. The average Bonchev–Trinajstić information content (AvgIpc) is 3.05. The molecule has 1 amide bonds. The normalized spacial score (nSPS) is 11.7. The molecule has 140 valence electrons. The van der Waals surface area contributed by atoms with Crippen molar-refractivity contribution in [3.63, 3.8) is 0 Å². The number of aromatic nitrogens is 1. The zero-order chi connectivity index (χ0) is 19.4. The molecule has 3 aromatic rings. The van der Waals surface area contributed by atoms with Crippen LogP contribution in [0.1, 0.15) is 12.5 Å². The maximum Gasteiger partial charge on any atom is 0.260 e. The lowest BCUT2D eigenvalue weighted by Crippen LogP contribution is -2.49. The van der Waals surface area contributed by atoms with Gasteiger partial charge in [0.25, 0.3) is 5.91 Å². The summed E-state index contributed by atoms with van der Waals surface area (Å²) in [5.41, 5.74) is 7.03. The van der Waals surface area contributed by atoms with E-state index in [2.05, 4.69) is 26.5 Å². The molecule has 0 saturated heterocycles. The molecule has 4 N–H and O–H groups in total. The Balaban J connectivity index is 1.50. The molecule has 0 unspecified atom stereocenters. The number of hydrogen-bond acceptors (Lipinski definition) is 5. The van der Waals surface area contributed by atoms with Crippen molar-refractivity contribution in [3.8, 4) is 0 Å². The number of anilines is 2. The zero-order valence-corrected chi connectivity index (χ0v) is 16.3. The van der Waals surface area contributed by atoms with Gasteiger partial charge in [-0.25, -0.2) is 9.37 Å². The summed E-state index contributed by atoms with van der Waals surface area (Å²) in [6, 6.07) is 11.9. The highest BCUT2D eigenvalue weighted by molar-refractivity contribution is 7.80. The van der Waals surface area contributed by atoms with Crippen molar-refractivity contribution in [2.24, 2.45) is 0 Å². The van der Waals surface area contributed by atoms with Crippen LogP contribution in [0.15, 0.2) is 42.5 Å². The Morgan fingerprint density at radius 1 is 1.22 bits per heavy atom. The van der Waals surface area contributed by atoms with E-state index in [4.69, 9.17) is 12.2 Å². The number of hydrazine groups is 1. The Kier molecular flexibility index (Phi) is 5.82. The summed E-state index contributed by atoms with van der Waals surface area (Å²) in [6.45, 7) is 3.39. The van der Waals surface area contributed by atoms with Gasteiger partial charge in [0.05, 0.1) is 10.2 Å². The van der Waals surface area contributed by atoms with Gasteiger partial charge in [0.1, 0.15) is 11.9 Å². The number of aryl methyl sites for hydroxylation is 1. The third kappa shape index (κ3) is 4.89. The molecule has 1 aromatic heterocycles. The molecule has 0 bridgehead atoms. The number of halogens is 1. The van der Waals surface area contributed by atoms with Gasteiger partial charge in [-0.1, -0.05) is 29.5 Å². The summed E-state index contributed by atoms with van der Waals surface area (Å²) in [7, 11) is 0. The molecule has 0 radical (unpaired) electrons. The van der Waals surface area contributed by atoms with Gasteiger partial charge in [-0.05, 0) is 55.9 Å². The van der Waals surface area contributed by atoms with E-state index in [9.17, 15) is 9.18 Å². The molecule has 0 aliphatic carbocycles. The molecule has 2 aromatic carbocycles. The van der Waals surface area contributed by atoms with Gasteiger partial charge in [-0.2, -0.15) is 0 Å². The van der Waals surface area contributed by atoms with Crippen molar-refractivity contribution in [1.29, 1.82) is 0 Å². The molecule has 1 atom stereocenters.